The second kappa shape index (κ2) is 24.9. The topological polar surface area (TPSA) is 558 Å². The Morgan fingerprint density at radius 1 is 0.366 bits per heavy atom. The predicted octanol–water partition coefficient (Wildman–Crippen LogP) is -14.0. The van der Waals surface area contributed by atoms with Crippen molar-refractivity contribution in [3.63, 3.8) is 0 Å². The van der Waals surface area contributed by atoms with Gasteiger partial charge in [-0.05, 0) is 0 Å². The molecule has 71 heavy (non-hydrogen) atoms. The highest BCUT2D eigenvalue weighted by molar-refractivity contribution is 7.46. The van der Waals surface area contributed by atoms with Gasteiger partial charge in [-0.15, -0.1) is 0 Å². The molecule has 0 aromatic heterocycles. The van der Waals surface area contributed by atoms with Crippen LogP contribution in [0.5, 0.6) is 0 Å². The number of phosphoric acid groups is 1. The maximum atomic E-state index is 11.8. The highest BCUT2D eigenvalue weighted by Gasteiger charge is 2.56. The molecule has 0 aromatic carbocycles. The van der Waals surface area contributed by atoms with Gasteiger partial charge in [0.05, 0.1) is 45.7 Å². The minimum atomic E-state index is -5.19. The number of hydrogen-bond donors (Lipinski definition) is 21. The molecule has 22 N–H and O–H groups in total. The number of rotatable bonds is 18. The Morgan fingerprint density at radius 3 is 1.25 bits per heavy atom. The van der Waals surface area contributed by atoms with Crippen molar-refractivity contribution in [1.29, 1.82) is 0 Å². The van der Waals surface area contributed by atoms with Crippen LogP contribution in [0.2, 0.25) is 0 Å². The van der Waals surface area contributed by atoms with Gasteiger partial charge in [-0.1, -0.05) is 0 Å². The Hall–Kier alpha value is -1.09. The first-order chi connectivity index (χ1) is 33.3. The molecule has 6 aliphatic rings. The molecule has 6 rings (SSSR count). The van der Waals surface area contributed by atoms with E-state index in [1.165, 1.54) is 0 Å². The van der Waals surface area contributed by atoms with Gasteiger partial charge in [0.2, 0.25) is 0 Å². The van der Waals surface area contributed by atoms with E-state index in [1.807, 2.05) is 0 Å². The number of aliphatic hydroxyl groups excluding tert-OH is 18. The molecule has 1 unspecified atom stereocenters. The molecule has 0 aromatic rings. The molecule has 0 spiro atoms. The fraction of sp³-hybridized carbons (Fsp3) is 1.00. The quantitative estimate of drug-likeness (QED) is 0.0567. The molecular formula is C36H64NO33P. The Kier molecular flexibility index (Phi) is 20.8. The maximum absolute atomic E-state index is 11.8. The first-order valence-electron chi connectivity index (χ1n) is 21.9. The zero-order valence-corrected chi connectivity index (χ0v) is 37.7. The van der Waals surface area contributed by atoms with Gasteiger partial charge >= 0.3 is 7.82 Å². The summed E-state index contributed by atoms with van der Waals surface area (Å²) in [4.78, 5) is 18.3. The fourth-order valence-corrected chi connectivity index (χ4v) is 8.81. The standard InChI is InChI=1S/C36H64NO33P/c37-13-19(46)28(9(3-40)62-31(13)55)68-35-27(54)29(69-33-25(52)21(48)16(43)10(65-33)4-59-32-24(51)20(47)14(41)7(1-38)63-32)18(45)11(66-35)5-60-36-30(23(50)15(42)8(2-39)64-36)70-34-26(53)22(49)17(44)12(67-34)6-61-71(56,57)58/h7-36,38-55H,1-6,37H2,(H2,56,57,58)/t7-,8-,9-,10-,11-,12-,13-,14+,15-,16+,17-,18-,19-,20+,21+,22+,23+,24-,25-,26+,27+,28-,29+,30+,31?,32+,33-,34-,35-,36+/m1/s1. The molecule has 0 radical (unpaired) electrons. The van der Waals surface area contributed by atoms with Gasteiger partial charge in [0.25, 0.3) is 0 Å². The highest BCUT2D eigenvalue weighted by atomic mass is 31.2. The van der Waals surface area contributed by atoms with Crippen molar-refractivity contribution in [3.8, 4) is 0 Å². The second-order valence-electron chi connectivity index (χ2n) is 17.5. The van der Waals surface area contributed by atoms with Crippen molar-refractivity contribution < 1.29 is 163 Å². The van der Waals surface area contributed by atoms with Crippen LogP contribution in [-0.4, -0.2) is 326 Å². The SMILES string of the molecule is N[C@H]1C(O)O[C@H](CO)[C@@H](O[C@H]2O[C@H](CO[C@H]3O[C@H](CO)[C@@H](O)[C@H](O)[C@@H]3O[C@H]3O[C@H](COP(=O)(O)O)[C@@H](O)[C@H](O)[C@@H]3O)[C@@H](O)[C@H](O[C@H]3O[C@H](CO[C@H]4O[C@H](CO)[C@H](O)[C@H](O)[C@H]4O)[C@H](O)[C@H](O)[C@H]3O)[C@@H]2O)[C@@H]1O. The number of aliphatic hydroxyl groups is 18. The second-order valence-corrected chi connectivity index (χ2v) is 18.8. The summed E-state index contributed by atoms with van der Waals surface area (Å²) in [5.74, 6) is 0. The monoisotopic (exact) mass is 1070 g/mol. The summed E-state index contributed by atoms with van der Waals surface area (Å²) in [5, 5.41) is 191. The molecule has 0 amide bonds. The molecule has 0 aliphatic carbocycles. The van der Waals surface area contributed by atoms with Crippen molar-refractivity contribution in [2.24, 2.45) is 5.73 Å². The smallest absolute Gasteiger partial charge is 0.394 e. The molecule has 0 saturated carbocycles. The molecule has 6 heterocycles. The number of ether oxygens (including phenoxy) is 11. The van der Waals surface area contributed by atoms with E-state index in [4.69, 9.17) is 67.6 Å². The van der Waals surface area contributed by atoms with Crippen LogP contribution in [0.15, 0.2) is 0 Å². The van der Waals surface area contributed by atoms with E-state index in [2.05, 4.69) is 4.52 Å². The Bertz CT molecular complexity index is 1690. The minimum absolute atomic E-state index is 0.835. The Balaban J connectivity index is 1.24. The lowest BCUT2D eigenvalue weighted by Crippen LogP contribution is -2.68. The van der Waals surface area contributed by atoms with Gasteiger partial charge in [0.15, 0.2) is 37.7 Å². The lowest BCUT2D eigenvalue weighted by molar-refractivity contribution is -0.387. The third-order valence-electron chi connectivity index (χ3n) is 12.7. The van der Waals surface area contributed by atoms with E-state index in [-0.39, 0.29) is 0 Å². The fourth-order valence-electron chi connectivity index (χ4n) is 8.47. The van der Waals surface area contributed by atoms with Gasteiger partial charge in [-0.25, -0.2) is 4.57 Å². The summed E-state index contributed by atoms with van der Waals surface area (Å²) in [6, 6.07) is -1.59. The zero-order chi connectivity index (χ0) is 52.5. The Labute approximate surface area is 400 Å². The molecule has 30 atom stereocenters. The first-order valence-corrected chi connectivity index (χ1v) is 23.5. The van der Waals surface area contributed by atoms with Crippen LogP contribution < -0.4 is 5.73 Å². The average molecular weight is 1070 g/mol. The lowest BCUT2D eigenvalue weighted by Gasteiger charge is -2.49. The van der Waals surface area contributed by atoms with Crippen molar-refractivity contribution in [1.82, 2.24) is 0 Å². The van der Waals surface area contributed by atoms with Gasteiger partial charge in [0.1, 0.15) is 140 Å². The highest BCUT2D eigenvalue weighted by Crippen LogP contribution is 2.38. The van der Waals surface area contributed by atoms with Crippen LogP contribution in [0.25, 0.3) is 0 Å². The van der Waals surface area contributed by atoms with Gasteiger partial charge in [0, 0.05) is 0 Å². The molecule has 0 bridgehead atoms. The number of hydrogen-bond acceptors (Lipinski definition) is 32. The van der Waals surface area contributed by atoms with Gasteiger partial charge in [-0.3, -0.25) is 4.52 Å². The van der Waals surface area contributed by atoms with E-state index >= 15 is 0 Å². The molecule has 416 valence electrons. The van der Waals surface area contributed by atoms with Crippen molar-refractivity contribution in [3.05, 3.63) is 0 Å². The van der Waals surface area contributed by atoms with E-state index in [0.717, 1.165) is 0 Å². The van der Waals surface area contributed by atoms with Crippen molar-refractivity contribution in [2.75, 3.05) is 39.6 Å². The van der Waals surface area contributed by atoms with Gasteiger partial charge in [-0.2, -0.15) is 0 Å². The Morgan fingerprint density at radius 2 is 0.746 bits per heavy atom. The number of nitrogens with two attached hydrogens (primary N) is 1. The summed E-state index contributed by atoms with van der Waals surface area (Å²) in [6.45, 7) is -5.70. The van der Waals surface area contributed by atoms with E-state index < -0.39 is 232 Å². The molecule has 6 saturated heterocycles. The van der Waals surface area contributed by atoms with E-state index in [0.29, 0.717) is 0 Å². The van der Waals surface area contributed by atoms with Crippen LogP contribution in [0, 0.1) is 0 Å². The predicted molar refractivity (Wildman–Crippen MR) is 212 cm³/mol. The first kappa shape index (κ1) is 59.2. The van der Waals surface area contributed by atoms with E-state index in [1.54, 1.807) is 0 Å². The molecule has 6 aliphatic heterocycles. The maximum Gasteiger partial charge on any atom is 0.469 e. The zero-order valence-electron chi connectivity index (χ0n) is 36.8. The minimum Gasteiger partial charge on any atom is -0.394 e. The molecule has 34 nitrogen and oxygen atoms in total. The van der Waals surface area contributed by atoms with E-state index in [9.17, 15) is 96.5 Å². The summed E-state index contributed by atoms with van der Waals surface area (Å²) in [5.41, 5.74) is 5.85. The van der Waals surface area contributed by atoms with Crippen LogP contribution in [-0.2, 0) is 61.2 Å². The van der Waals surface area contributed by atoms with Crippen LogP contribution in [0.4, 0.5) is 0 Å². The summed E-state index contributed by atoms with van der Waals surface area (Å²) in [6.07, 6.45) is -56.9. The van der Waals surface area contributed by atoms with Crippen molar-refractivity contribution in [2.45, 2.75) is 184 Å². The lowest BCUT2D eigenvalue weighted by atomic mass is 9.95. The van der Waals surface area contributed by atoms with Crippen LogP contribution in [0.3, 0.4) is 0 Å². The molecule has 6 fully saturated rings. The summed E-state index contributed by atoms with van der Waals surface area (Å²) < 4.78 is 77.1. The van der Waals surface area contributed by atoms with Gasteiger partial charge < -0.3 is 160 Å². The van der Waals surface area contributed by atoms with Crippen molar-refractivity contribution >= 4 is 7.82 Å². The van der Waals surface area contributed by atoms with Crippen LogP contribution >= 0.6 is 7.82 Å². The largest absolute Gasteiger partial charge is 0.469 e. The third kappa shape index (κ3) is 13.2. The third-order valence-corrected chi connectivity index (χ3v) is 13.2. The average Bonchev–Trinajstić information content (AvgIpc) is 3.33. The van der Waals surface area contributed by atoms with Crippen LogP contribution in [0.1, 0.15) is 0 Å². The normalized spacial score (nSPS) is 51.3. The summed E-state index contributed by atoms with van der Waals surface area (Å²) >= 11 is 0. The summed E-state index contributed by atoms with van der Waals surface area (Å²) in [7, 11) is -5.19. The molecular weight excluding hydrogens is 1010 g/mol. The number of phosphoric ester groups is 1. The molecule has 35 heteroatoms.